The molecule has 0 atom stereocenters. The molecule has 0 bridgehead atoms. The Bertz CT molecular complexity index is 206. The van der Waals surface area contributed by atoms with E-state index in [0.717, 1.165) is 5.69 Å². The molecule has 0 radical (unpaired) electrons. The summed E-state index contributed by atoms with van der Waals surface area (Å²) in [6.07, 6.45) is 0. The molecule has 0 N–H and O–H groups in total. The van der Waals surface area contributed by atoms with Crippen LogP contribution in [0.2, 0.25) is 0 Å². The van der Waals surface area contributed by atoms with Crippen LogP contribution in [0.5, 0.6) is 0 Å². The van der Waals surface area contributed by atoms with Gasteiger partial charge >= 0.3 is 0 Å². The molecule has 1 heterocycles. The number of hydrogen-bond donors (Lipinski definition) is 0. The van der Waals surface area contributed by atoms with Crippen LogP contribution in [-0.4, -0.2) is 9.90 Å². The first-order valence-electron chi connectivity index (χ1n) is 2.70. The monoisotopic (exact) mass is 143 g/mol. The van der Waals surface area contributed by atoms with E-state index < -0.39 is 0 Å². The summed E-state index contributed by atoms with van der Waals surface area (Å²) in [5.74, 6) is 0. The van der Waals surface area contributed by atoms with Gasteiger partial charge in [-0.1, -0.05) is 4.80 Å². The molecule has 3 nitrogen and oxygen atoms in total. The van der Waals surface area contributed by atoms with Crippen LogP contribution in [0.15, 0.2) is 5.03 Å². The lowest BCUT2D eigenvalue weighted by molar-refractivity contribution is -0.761. The third kappa shape index (κ3) is 0.896. The van der Waals surface area contributed by atoms with E-state index in [1.165, 1.54) is 0 Å². The topological polar surface area (TPSA) is 21.7 Å². The van der Waals surface area contributed by atoms with Crippen molar-refractivity contribution in [3.63, 3.8) is 0 Å². The standard InChI is InChI=1S/C5H9N3S/c1-4-5(9)6-8(3)7(4)2/h1-3H3. The Morgan fingerprint density at radius 3 is 2.33 bits per heavy atom. The summed E-state index contributed by atoms with van der Waals surface area (Å²) >= 11 is 4.91. The molecular formula is C5H9N3S. The molecule has 1 aromatic heterocycles. The Hall–Kier alpha value is -0.640. The second kappa shape index (κ2) is 1.95. The van der Waals surface area contributed by atoms with Crippen LogP contribution >= 0.6 is 0 Å². The van der Waals surface area contributed by atoms with Gasteiger partial charge in [0, 0.05) is 12.0 Å². The quantitative estimate of drug-likeness (QED) is 0.359. The lowest BCUT2D eigenvalue weighted by Crippen LogP contribution is -2.39. The average molecular weight is 143 g/mol. The minimum atomic E-state index is 0.681. The van der Waals surface area contributed by atoms with Crippen LogP contribution in [0.3, 0.4) is 0 Å². The van der Waals surface area contributed by atoms with E-state index in [4.69, 9.17) is 12.6 Å². The van der Waals surface area contributed by atoms with E-state index in [-0.39, 0.29) is 0 Å². The summed E-state index contributed by atoms with van der Waals surface area (Å²) in [6, 6.07) is 0. The van der Waals surface area contributed by atoms with Crippen LogP contribution < -0.4 is 4.68 Å². The molecule has 1 aromatic rings. The molecule has 0 aliphatic carbocycles. The summed E-state index contributed by atoms with van der Waals surface area (Å²) in [6.45, 7) is 1.95. The minimum absolute atomic E-state index is 0.681. The summed E-state index contributed by atoms with van der Waals surface area (Å²) < 4.78 is 1.91. The van der Waals surface area contributed by atoms with Gasteiger partial charge in [0.2, 0.25) is 0 Å². The van der Waals surface area contributed by atoms with Crippen molar-refractivity contribution in [3.05, 3.63) is 5.69 Å². The number of rotatable bonds is 0. The molecule has 4 heteroatoms. The number of nitrogens with zero attached hydrogens (tertiary/aromatic N) is 3. The van der Waals surface area contributed by atoms with Gasteiger partial charge in [-0.15, -0.1) is 0 Å². The zero-order chi connectivity index (χ0) is 7.02. The Morgan fingerprint density at radius 1 is 1.67 bits per heavy atom. The van der Waals surface area contributed by atoms with Gasteiger partial charge in [-0.2, -0.15) is 4.68 Å². The molecule has 0 fully saturated rings. The Kier molecular flexibility index (Phi) is 1.40. The van der Waals surface area contributed by atoms with Crippen molar-refractivity contribution in [2.75, 3.05) is 0 Å². The molecule has 0 aliphatic rings. The van der Waals surface area contributed by atoms with Crippen LogP contribution in [0.25, 0.3) is 0 Å². The van der Waals surface area contributed by atoms with Crippen LogP contribution in [0, 0.1) is 6.92 Å². The van der Waals surface area contributed by atoms with Gasteiger partial charge in [-0.3, -0.25) is 0 Å². The van der Waals surface area contributed by atoms with Crippen molar-refractivity contribution in [1.82, 2.24) is 9.90 Å². The molecule has 0 aliphatic heterocycles. The van der Waals surface area contributed by atoms with Crippen LogP contribution in [0.4, 0.5) is 0 Å². The van der Waals surface area contributed by atoms with Gasteiger partial charge in [0.1, 0.15) is 17.8 Å². The number of aryl methyl sites for hydroxylation is 1. The molecule has 50 valence electrons. The largest absolute Gasteiger partial charge is 0.727 e. The molecule has 9 heavy (non-hydrogen) atoms. The van der Waals surface area contributed by atoms with E-state index >= 15 is 0 Å². The van der Waals surface area contributed by atoms with Gasteiger partial charge in [0.15, 0.2) is 0 Å². The minimum Gasteiger partial charge on any atom is -0.727 e. The van der Waals surface area contributed by atoms with E-state index in [0.29, 0.717) is 5.03 Å². The van der Waals surface area contributed by atoms with Crippen LogP contribution in [0.1, 0.15) is 5.69 Å². The smallest absolute Gasteiger partial charge is 0.147 e. The fourth-order valence-electron chi connectivity index (χ4n) is 0.626. The summed E-state index contributed by atoms with van der Waals surface area (Å²) in [5, 5.41) is 4.69. The Labute approximate surface area is 59.7 Å². The van der Waals surface area contributed by atoms with Gasteiger partial charge < -0.3 is 12.6 Å². The molecule has 1 rings (SSSR count). The highest BCUT2D eigenvalue weighted by molar-refractivity contribution is 7.58. The van der Waals surface area contributed by atoms with Crippen molar-refractivity contribution >= 4 is 12.6 Å². The maximum Gasteiger partial charge on any atom is 0.147 e. The number of hydrogen-bond acceptors (Lipinski definition) is 2. The Balaban J connectivity index is 3.29. The highest BCUT2D eigenvalue weighted by atomic mass is 32.1. The van der Waals surface area contributed by atoms with Crippen molar-refractivity contribution < 1.29 is 4.68 Å². The third-order valence-corrected chi connectivity index (χ3v) is 1.84. The lowest BCUT2D eigenvalue weighted by atomic mass is 10.5. The third-order valence-electron chi connectivity index (χ3n) is 1.46. The molecule has 0 spiro atoms. The zero-order valence-electron chi connectivity index (χ0n) is 5.75. The van der Waals surface area contributed by atoms with Crippen molar-refractivity contribution in [2.45, 2.75) is 11.9 Å². The predicted molar refractivity (Wildman–Crippen MR) is 34.8 cm³/mol. The van der Waals surface area contributed by atoms with Gasteiger partial charge in [-0.05, 0) is 0 Å². The fourth-order valence-corrected chi connectivity index (χ4v) is 0.877. The zero-order valence-corrected chi connectivity index (χ0v) is 6.57. The SMILES string of the molecule is Cc1c([S-])nn(C)[n+]1C. The van der Waals surface area contributed by atoms with Gasteiger partial charge in [-0.25, -0.2) is 0 Å². The molecule has 0 unspecified atom stereocenters. The van der Waals surface area contributed by atoms with E-state index in [1.54, 1.807) is 4.80 Å². The average Bonchev–Trinajstić information content (AvgIpc) is 1.98. The first-order chi connectivity index (χ1) is 4.13. The summed E-state index contributed by atoms with van der Waals surface area (Å²) in [5.41, 5.74) is 1.03. The van der Waals surface area contributed by atoms with Gasteiger partial charge in [0.05, 0.1) is 7.05 Å². The van der Waals surface area contributed by atoms with Crippen molar-refractivity contribution in [3.8, 4) is 0 Å². The van der Waals surface area contributed by atoms with Crippen molar-refractivity contribution in [1.29, 1.82) is 0 Å². The molecule has 0 saturated heterocycles. The van der Waals surface area contributed by atoms with E-state index in [2.05, 4.69) is 5.10 Å². The highest BCUT2D eigenvalue weighted by Crippen LogP contribution is 1.92. The van der Waals surface area contributed by atoms with E-state index in [9.17, 15) is 0 Å². The number of aromatic nitrogens is 3. The second-order valence-corrected chi connectivity index (χ2v) is 2.39. The lowest BCUT2D eigenvalue weighted by Gasteiger charge is -1.89. The Morgan fingerprint density at radius 2 is 2.22 bits per heavy atom. The molecular weight excluding hydrogens is 134 g/mol. The fraction of sp³-hybridized carbons (Fsp3) is 0.600. The first-order valence-corrected chi connectivity index (χ1v) is 3.10. The van der Waals surface area contributed by atoms with Crippen LogP contribution in [-0.2, 0) is 26.7 Å². The van der Waals surface area contributed by atoms with E-state index in [1.807, 2.05) is 25.7 Å². The summed E-state index contributed by atoms with van der Waals surface area (Å²) in [4.78, 5) is 1.72. The second-order valence-electron chi connectivity index (χ2n) is 2.00. The highest BCUT2D eigenvalue weighted by Gasteiger charge is 2.05. The van der Waals surface area contributed by atoms with Gasteiger partial charge in [0.25, 0.3) is 0 Å². The maximum absolute atomic E-state index is 4.91. The first kappa shape index (κ1) is 6.48. The molecule has 0 saturated carbocycles. The normalized spacial score (nSPS) is 10.1. The molecule has 0 amide bonds. The summed E-state index contributed by atoms with van der Waals surface area (Å²) in [7, 11) is 3.79. The van der Waals surface area contributed by atoms with Crippen molar-refractivity contribution in [2.24, 2.45) is 14.1 Å². The maximum atomic E-state index is 4.91. The predicted octanol–water partition coefficient (Wildman–Crippen LogP) is -0.541. The molecule has 0 aromatic carbocycles.